The molecule has 2 heterocycles. The predicted molar refractivity (Wildman–Crippen MR) is 140 cm³/mol. The second kappa shape index (κ2) is 12.9. The molecule has 2 aromatic rings. The molecule has 1 aromatic carbocycles. The van der Waals surface area contributed by atoms with Gasteiger partial charge >= 0.3 is 0 Å². The number of amides is 2. The van der Waals surface area contributed by atoms with Crippen LogP contribution >= 0.6 is 0 Å². The van der Waals surface area contributed by atoms with Crippen LogP contribution in [-0.2, 0) is 17.8 Å². The van der Waals surface area contributed by atoms with E-state index in [1.165, 1.54) is 19.3 Å². The van der Waals surface area contributed by atoms with Crippen molar-refractivity contribution in [3.05, 3.63) is 69.6 Å². The highest BCUT2D eigenvalue weighted by molar-refractivity contribution is 5.99. The Morgan fingerprint density at radius 3 is 2.33 bits per heavy atom. The summed E-state index contributed by atoms with van der Waals surface area (Å²) in [6.45, 7) is 3.98. The number of pyridine rings is 1. The van der Waals surface area contributed by atoms with Crippen LogP contribution in [0.2, 0.25) is 0 Å². The average Bonchev–Trinajstić information content (AvgIpc) is 3.38. The van der Waals surface area contributed by atoms with E-state index in [9.17, 15) is 14.4 Å². The molecule has 1 saturated heterocycles. The van der Waals surface area contributed by atoms with E-state index in [1.54, 1.807) is 21.9 Å². The van der Waals surface area contributed by atoms with Crippen LogP contribution in [0.1, 0.15) is 91.0 Å². The predicted octanol–water partition coefficient (Wildman–Crippen LogP) is 4.53. The summed E-state index contributed by atoms with van der Waals surface area (Å²) >= 11 is 0. The third-order valence-electron chi connectivity index (χ3n) is 7.32. The van der Waals surface area contributed by atoms with Crippen molar-refractivity contribution >= 4 is 11.8 Å². The quantitative estimate of drug-likeness (QED) is 0.586. The topological polar surface area (TPSA) is 80.6 Å². The molecular formula is C29H39N3O4. The van der Waals surface area contributed by atoms with Crippen molar-refractivity contribution in [1.29, 1.82) is 0 Å². The lowest BCUT2D eigenvalue weighted by atomic mass is 9.96. The molecule has 1 N–H and O–H groups in total. The van der Waals surface area contributed by atoms with Gasteiger partial charge in [0.05, 0.1) is 6.10 Å². The van der Waals surface area contributed by atoms with E-state index in [4.69, 9.17) is 4.74 Å². The molecule has 0 spiro atoms. The number of hydrogen-bond donors (Lipinski definition) is 1. The van der Waals surface area contributed by atoms with Gasteiger partial charge in [-0.1, -0.05) is 62.4 Å². The van der Waals surface area contributed by atoms with E-state index in [2.05, 4.69) is 5.32 Å². The molecule has 7 heteroatoms. The Hall–Kier alpha value is -2.93. The third kappa shape index (κ3) is 6.84. The Balaban J connectivity index is 1.61. The van der Waals surface area contributed by atoms with E-state index in [-0.39, 0.29) is 35.1 Å². The molecule has 1 unspecified atom stereocenters. The Bertz CT molecular complexity index is 1070. The summed E-state index contributed by atoms with van der Waals surface area (Å²) in [7, 11) is 0. The van der Waals surface area contributed by atoms with Gasteiger partial charge in [0, 0.05) is 44.7 Å². The maximum atomic E-state index is 13.6. The van der Waals surface area contributed by atoms with Crippen LogP contribution in [0.15, 0.2) is 47.5 Å². The number of carbonyl (C=O) groups is 2. The van der Waals surface area contributed by atoms with Crippen molar-refractivity contribution in [2.45, 2.75) is 89.9 Å². The van der Waals surface area contributed by atoms with Crippen molar-refractivity contribution < 1.29 is 14.3 Å². The lowest BCUT2D eigenvalue weighted by Gasteiger charge is -2.23. The molecule has 0 radical (unpaired) electrons. The fourth-order valence-corrected chi connectivity index (χ4v) is 5.24. The van der Waals surface area contributed by atoms with Gasteiger partial charge in [0.1, 0.15) is 11.1 Å². The van der Waals surface area contributed by atoms with Gasteiger partial charge in [0.2, 0.25) is 5.43 Å². The van der Waals surface area contributed by atoms with Gasteiger partial charge < -0.3 is 19.5 Å². The zero-order chi connectivity index (χ0) is 25.3. The SMILES string of the molecule is CCN(Cc1ccccc1)C(=O)c1cn(CC2CCCO2)cc(C(=O)NC2CCCCCCC2)c1=O. The minimum atomic E-state index is -0.501. The van der Waals surface area contributed by atoms with Gasteiger partial charge in [-0.15, -0.1) is 0 Å². The van der Waals surface area contributed by atoms with Crippen LogP contribution in [0.5, 0.6) is 0 Å². The highest BCUT2D eigenvalue weighted by Crippen LogP contribution is 2.18. The third-order valence-corrected chi connectivity index (χ3v) is 7.32. The van der Waals surface area contributed by atoms with Crippen LogP contribution in [0, 0.1) is 0 Å². The molecule has 2 amide bonds. The van der Waals surface area contributed by atoms with Gasteiger partial charge in [-0.2, -0.15) is 0 Å². The second-order valence-corrected chi connectivity index (χ2v) is 10.1. The van der Waals surface area contributed by atoms with Crippen LogP contribution in [0.3, 0.4) is 0 Å². The summed E-state index contributed by atoms with van der Waals surface area (Å²) in [6, 6.07) is 9.79. The maximum absolute atomic E-state index is 13.6. The molecule has 4 rings (SSSR count). The van der Waals surface area contributed by atoms with E-state index < -0.39 is 5.43 Å². The molecule has 7 nitrogen and oxygen atoms in total. The second-order valence-electron chi connectivity index (χ2n) is 10.1. The number of nitrogens with one attached hydrogen (secondary N) is 1. The van der Waals surface area contributed by atoms with Gasteiger partial charge in [-0.25, -0.2) is 0 Å². The Kier molecular flexibility index (Phi) is 9.34. The van der Waals surface area contributed by atoms with Gasteiger partial charge in [0.25, 0.3) is 11.8 Å². The van der Waals surface area contributed by atoms with Gasteiger partial charge in [-0.05, 0) is 38.2 Å². The summed E-state index contributed by atoms with van der Waals surface area (Å²) in [5.41, 5.74) is 0.566. The highest BCUT2D eigenvalue weighted by atomic mass is 16.5. The zero-order valence-corrected chi connectivity index (χ0v) is 21.4. The molecule has 1 aliphatic heterocycles. The molecule has 1 saturated carbocycles. The largest absolute Gasteiger partial charge is 0.376 e. The molecule has 0 bridgehead atoms. The molecule has 36 heavy (non-hydrogen) atoms. The van der Waals surface area contributed by atoms with Crippen molar-refractivity contribution in [3.63, 3.8) is 0 Å². The van der Waals surface area contributed by atoms with Crippen molar-refractivity contribution in [2.24, 2.45) is 0 Å². The van der Waals surface area contributed by atoms with E-state index in [0.29, 0.717) is 26.2 Å². The normalized spacial score (nSPS) is 18.9. The monoisotopic (exact) mass is 493 g/mol. The highest BCUT2D eigenvalue weighted by Gasteiger charge is 2.25. The molecule has 1 aromatic heterocycles. The zero-order valence-electron chi connectivity index (χ0n) is 21.4. The van der Waals surface area contributed by atoms with E-state index >= 15 is 0 Å². The Morgan fingerprint density at radius 1 is 0.972 bits per heavy atom. The minimum Gasteiger partial charge on any atom is -0.376 e. The summed E-state index contributed by atoms with van der Waals surface area (Å²) in [5.74, 6) is -0.736. The van der Waals surface area contributed by atoms with Gasteiger partial charge in [-0.3, -0.25) is 14.4 Å². The Labute approximate surface area is 213 Å². The van der Waals surface area contributed by atoms with E-state index in [0.717, 1.165) is 44.1 Å². The molecule has 1 aliphatic carbocycles. The molecule has 1 atom stereocenters. The van der Waals surface area contributed by atoms with Crippen LogP contribution in [-0.4, -0.2) is 46.6 Å². The Morgan fingerprint density at radius 2 is 1.67 bits per heavy atom. The first-order valence-corrected chi connectivity index (χ1v) is 13.5. The van der Waals surface area contributed by atoms with Crippen LogP contribution < -0.4 is 10.7 Å². The summed E-state index contributed by atoms with van der Waals surface area (Å²) in [6.07, 6.45) is 12.8. The minimum absolute atomic E-state index is 0.0172. The number of benzene rings is 1. The standard InChI is InChI=1S/C29H39N3O4/c1-2-32(18-22-12-7-6-8-13-22)29(35)26-21-31(19-24-16-11-17-36-24)20-25(27(26)33)28(34)30-23-14-9-4-3-5-10-15-23/h6-8,12-13,20-21,23-24H,2-5,9-11,14-19H2,1H3,(H,30,34). The van der Waals surface area contributed by atoms with Gasteiger partial charge in [0.15, 0.2) is 0 Å². The first-order valence-electron chi connectivity index (χ1n) is 13.5. The smallest absolute Gasteiger partial charge is 0.259 e. The number of nitrogens with zero attached hydrogens (tertiary/aromatic N) is 2. The van der Waals surface area contributed by atoms with Crippen molar-refractivity contribution in [2.75, 3.05) is 13.2 Å². The summed E-state index contributed by atoms with van der Waals surface area (Å²) < 4.78 is 7.59. The lowest BCUT2D eigenvalue weighted by Crippen LogP contribution is -2.41. The maximum Gasteiger partial charge on any atom is 0.259 e. The number of hydrogen-bond acceptors (Lipinski definition) is 4. The fourth-order valence-electron chi connectivity index (χ4n) is 5.24. The average molecular weight is 494 g/mol. The molecular weight excluding hydrogens is 454 g/mol. The van der Waals surface area contributed by atoms with Crippen LogP contribution in [0.25, 0.3) is 0 Å². The molecule has 2 aliphatic rings. The fraction of sp³-hybridized carbons (Fsp3) is 0.552. The number of ether oxygens (including phenoxy) is 1. The number of rotatable bonds is 8. The number of carbonyl (C=O) groups excluding carboxylic acids is 2. The molecule has 194 valence electrons. The lowest BCUT2D eigenvalue weighted by molar-refractivity contribution is 0.0747. The van der Waals surface area contributed by atoms with Crippen molar-refractivity contribution in [3.8, 4) is 0 Å². The molecule has 2 fully saturated rings. The van der Waals surface area contributed by atoms with Crippen LogP contribution in [0.4, 0.5) is 0 Å². The first kappa shape index (κ1) is 26.1. The number of aromatic nitrogens is 1. The summed E-state index contributed by atoms with van der Waals surface area (Å²) in [4.78, 5) is 42.1. The van der Waals surface area contributed by atoms with E-state index in [1.807, 2.05) is 37.3 Å². The summed E-state index contributed by atoms with van der Waals surface area (Å²) in [5, 5.41) is 3.11. The van der Waals surface area contributed by atoms with Crippen molar-refractivity contribution in [1.82, 2.24) is 14.8 Å². The first-order chi connectivity index (χ1) is 17.5.